The predicted molar refractivity (Wildman–Crippen MR) is 93.7 cm³/mol. The number of hydrogen-bond donors (Lipinski definition) is 2. The summed E-state index contributed by atoms with van der Waals surface area (Å²) in [5.74, 6) is 6.70. The highest BCUT2D eigenvalue weighted by Gasteiger charge is 2.26. The van der Waals surface area contributed by atoms with Gasteiger partial charge in [-0.05, 0) is 38.8 Å². The van der Waals surface area contributed by atoms with Crippen LogP contribution >= 0.6 is 0 Å². The molecule has 2 rings (SSSR count). The number of hydrazine groups is 1. The number of carbonyl (C=O) groups is 1. The SMILES string of the molecule is CCC(C)Oc1c(CN2CCCC(C(=O)NN)C2)cccc1OC. The second-order valence-corrected chi connectivity index (χ2v) is 6.37. The number of rotatable bonds is 7. The van der Waals surface area contributed by atoms with Crippen molar-refractivity contribution in [1.29, 1.82) is 0 Å². The van der Waals surface area contributed by atoms with E-state index in [1.807, 2.05) is 12.1 Å². The van der Waals surface area contributed by atoms with Gasteiger partial charge in [-0.1, -0.05) is 19.1 Å². The molecule has 0 saturated carbocycles. The number of methoxy groups -OCH3 is 1. The zero-order valence-corrected chi connectivity index (χ0v) is 14.9. The monoisotopic (exact) mass is 335 g/mol. The maximum absolute atomic E-state index is 11.8. The Kier molecular flexibility index (Phi) is 6.87. The van der Waals surface area contributed by atoms with Gasteiger partial charge in [0, 0.05) is 18.7 Å². The largest absolute Gasteiger partial charge is 0.493 e. The van der Waals surface area contributed by atoms with Crippen molar-refractivity contribution in [2.45, 2.75) is 45.8 Å². The van der Waals surface area contributed by atoms with Crippen LogP contribution in [0.15, 0.2) is 18.2 Å². The van der Waals surface area contributed by atoms with Crippen molar-refractivity contribution in [2.24, 2.45) is 11.8 Å². The summed E-state index contributed by atoms with van der Waals surface area (Å²) in [4.78, 5) is 14.1. The molecule has 3 N–H and O–H groups in total. The minimum atomic E-state index is -0.0820. The second-order valence-electron chi connectivity index (χ2n) is 6.37. The molecule has 1 aliphatic heterocycles. The molecular weight excluding hydrogens is 306 g/mol. The second kappa shape index (κ2) is 8.89. The first-order valence-corrected chi connectivity index (χ1v) is 8.64. The minimum absolute atomic E-state index is 0.0479. The van der Waals surface area contributed by atoms with Crippen molar-refractivity contribution in [1.82, 2.24) is 10.3 Å². The first-order chi connectivity index (χ1) is 11.6. The number of nitrogens with two attached hydrogens (primary N) is 1. The third kappa shape index (κ3) is 4.61. The lowest BCUT2D eigenvalue weighted by molar-refractivity contribution is -0.126. The van der Waals surface area contributed by atoms with Gasteiger partial charge in [-0.2, -0.15) is 0 Å². The van der Waals surface area contributed by atoms with Gasteiger partial charge < -0.3 is 9.47 Å². The normalized spacial score (nSPS) is 19.6. The van der Waals surface area contributed by atoms with E-state index in [0.29, 0.717) is 6.54 Å². The Morgan fingerprint density at radius 3 is 2.96 bits per heavy atom. The van der Waals surface area contributed by atoms with Gasteiger partial charge in [-0.3, -0.25) is 15.1 Å². The van der Waals surface area contributed by atoms with Crippen LogP contribution < -0.4 is 20.7 Å². The maximum Gasteiger partial charge on any atom is 0.238 e. The van der Waals surface area contributed by atoms with Crippen LogP contribution in [0, 0.1) is 5.92 Å². The van der Waals surface area contributed by atoms with Gasteiger partial charge in [0.05, 0.1) is 19.1 Å². The highest BCUT2D eigenvalue weighted by Crippen LogP contribution is 2.34. The molecule has 2 atom stereocenters. The van der Waals surface area contributed by atoms with Gasteiger partial charge in [0.2, 0.25) is 5.91 Å². The van der Waals surface area contributed by atoms with Crippen LogP contribution in [-0.4, -0.2) is 37.1 Å². The van der Waals surface area contributed by atoms with E-state index in [9.17, 15) is 4.79 Å². The number of piperidine rings is 1. The smallest absolute Gasteiger partial charge is 0.238 e. The van der Waals surface area contributed by atoms with E-state index < -0.39 is 0 Å². The average molecular weight is 335 g/mol. The molecule has 24 heavy (non-hydrogen) atoms. The molecule has 2 unspecified atom stereocenters. The summed E-state index contributed by atoms with van der Waals surface area (Å²) in [5, 5.41) is 0. The van der Waals surface area contributed by atoms with Crippen molar-refractivity contribution in [3.05, 3.63) is 23.8 Å². The minimum Gasteiger partial charge on any atom is -0.493 e. The molecule has 6 nitrogen and oxygen atoms in total. The van der Waals surface area contributed by atoms with E-state index in [-0.39, 0.29) is 17.9 Å². The topological polar surface area (TPSA) is 76.8 Å². The van der Waals surface area contributed by atoms with Gasteiger partial charge in [0.15, 0.2) is 11.5 Å². The molecule has 6 heteroatoms. The number of nitrogens with one attached hydrogen (secondary N) is 1. The van der Waals surface area contributed by atoms with Crippen LogP contribution in [0.3, 0.4) is 0 Å². The van der Waals surface area contributed by atoms with Crippen molar-refractivity contribution < 1.29 is 14.3 Å². The number of ether oxygens (including phenoxy) is 2. The average Bonchev–Trinajstić information content (AvgIpc) is 2.62. The molecule has 134 valence electrons. The maximum atomic E-state index is 11.8. The lowest BCUT2D eigenvalue weighted by Crippen LogP contribution is -2.44. The molecule has 0 aliphatic carbocycles. The number of para-hydroxylation sites is 1. The number of nitrogens with zero attached hydrogens (tertiary/aromatic N) is 1. The highest BCUT2D eigenvalue weighted by molar-refractivity contribution is 5.78. The predicted octanol–water partition coefficient (Wildman–Crippen LogP) is 2.07. The molecule has 1 aromatic carbocycles. The summed E-state index contributed by atoms with van der Waals surface area (Å²) in [6.07, 6.45) is 2.93. The summed E-state index contributed by atoms with van der Waals surface area (Å²) in [6, 6.07) is 5.96. The van der Waals surface area contributed by atoms with Crippen LogP contribution in [0.5, 0.6) is 11.5 Å². The molecule has 1 aliphatic rings. The number of likely N-dealkylation sites (tertiary alicyclic amines) is 1. The van der Waals surface area contributed by atoms with E-state index >= 15 is 0 Å². The van der Waals surface area contributed by atoms with Gasteiger partial charge >= 0.3 is 0 Å². The molecule has 1 heterocycles. The number of benzene rings is 1. The summed E-state index contributed by atoms with van der Waals surface area (Å²) < 4.78 is 11.6. The number of hydrogen-bond acceptors (Lipinski definition) is 5. The molecule has 0 spiro atoms. The first kappa shape index (κ1) is 18.5. The van der Waals surface area contributed by atoms with Crippen LogP contribution in [-0.2, 0) is 11.3 Å². The first-order valence-electron chi connectivity index (χ1n) is 8.64. The fourth-order valence-corrected chi connectivity index (χ4v) is 3.04. The molecule has 0 bridgehead atoms. The van der Waals surface area contributed by atoms with Crippen molar-refractivity contribution >= 4 is 5.91 Å². The Morgan fingerprint density at radius 1 is 1.50 bits per heavy atom. The molecule has 1 saturated heterocycles. The number of carbonyl (C=O) groups excluding carboxylic acids is 1. The van der Waals surface area contributed by atoms with Crippen molar-refractivity contribution in [2.75, 3.05) is 20.2 Å². The van der Waals surface area contributed by atoms with E-state index in [4.69, 9.17) is 15.3 Å². The zero-order chi connectivity index (χ0) is 17.5. The van der Waals surface area contributed by atoms with E-state index in [1.54, 1.807) is 7.11 Å². The third-order valence-corrected chi connectivity index (χ3v) is 4.59. The summed E-state index contributed by atoms with van der Waals surface area (Å²) in [7, 11) is 1.66. The van der Waals surface area contributed by atoms with Crippen molar-refractivity contribution in [3.63, 3.8) is 0 Å². The Balaban J connectivity index is 2.14. The summed E-state index contributed by atoms with van der Waals surface area (Å²) >= 11 is 0. The van der Waals surface area contributed by atoms with Crippen LogP contribution in [0.1, 0.15) is 38.7 Å². The van der Waals surface area contributed by atoms with Crippen LogP contribution in [0.25, 0.3) is 0 Å². The molecule has 1 aromatic rings. The third-order valence-electron chi connectivity index (χ3n) is 4.59. The van der Waals surface area contributed by atoms with Gasteiger partial charge in [-0.15, -0.1) is 0 Å². The van der Waals surface area contributed by atoms with Gasteiger partial charge in [0.1, 0.15) is 0 Å². The Morgan fingerprint density at radius 2 is 2.29 bits per heavy atom. The fraction of sp³-hybridized carbons (Fsp3) is 0.611. The number of amides is 1. The van der Waals surface area contributed by atoms with Crippen LogP contribution in [0.2, 0.25) is 0 Å². The van der Waals surface area contributed by atoms with E-state index in [2.05, 4.69) is 30.2 Å². The van der Waals surface area contributed by atoms with Crippen LogP contribution in [0.4, 0.5) is 0 Å². The molecule has 1 fully saturated rings. The summed E-state index contributed by atoms with van der Waals surface area (Å²) in [5.41, 5.74) is 3.36. The molecule has 1 amide bonds. The standard InChI is InChI=1S/C18H29N3O3/c1-4-13(2)24-17-14(7-5-9-16(17)23-3)11-21-10-6-8-15(12-21)18(22)20-19/h5,7,9,13,15H,4,6,8,10-12,19H2,1-3H3,(H,20,22). The Labute approximate surface area is 144 Å². The Hall–Kier alpha value is -1.79. The van der Waals surface area contributed by atoms with Gasteiger partial charge in [-0.25, -0.2) is 5.84 Å². The van der Waals surface area contributed by atoms with Gasteiger partial charge in [0.25, 0.3) is 0 Å². The van der Waals surface area contributed by atoms with Crippen molar-refractivity contribution in [3.8, 4) is 11.5 Å². The Bertz CT molecular complexity index is 550. The lowest BCUT2D eigenvalue weighted by atomic mass is 9.97. The zero-order valence-electron chi connectivity index (χ0n) is 14.9. The molecule has 0 radical (unpaired) electrons. The van der Waals surface area contributed by atoms with E-state index in [0.717, 1.165) is 49.4 Å². The quantitative estimate of drug-likeness (QED) is 0.453. The summed E-state index contributed by atoms with van der Waals surface area (Å²) in [6.45, 7) is 6.56. The molecular formula is C18H29N3O3. The lowest BCUT2D eigenvalue weighted by Gasteiger charge is -2.32. The molecule has 0 aromatic heterocycles. The fourth-order valence-electron chi connectivity index (χ4n) is 3.04. The van der Waals surface area contributed by atoms with E-state index in [1.165, 1.54) is 0 Å². The highest BCUT2D eigenvalue weighted by atomic mass is 16.5.